The fourth-order valence-corrected chi connectivity index (χ4v) is 2.67. The van der Waals surface area contributed by atoms with Crippen molar-refractivity contribution in [2.24, 2.45) is 5.92 Å². The van der Waals surface area contributed by atoms with E-state index < -0.39 is 0 Å². The smallest absolute Gasteiger partial charge is 0.208 e. The molecule has 2 aromatic rings. The van der Waals surface area contributed by atoms with Gasteiger partial charge in [-0.05, 0) is 25.7 Å². The highest BCUT2D eigenvalue weighted by Crippen LogP contribution is 2.23. The van der Waals surface area contributed by atoms with Crippen LogP contribution in [0.5, 0.6) is 0 Å². The largest absolute Gasteiger partial charge is 0.382 e. The van der Waals surface area contributed by atoms with Gasteiger partial charge in [-0.1, -0.05) is 25.2 Å². The zero-order valence-corrected chi connectivity index (χ0v) is 11.8. The second kappa shape index (κ2) is 5.49. The van der Waals surface area contributed by atoms with Crippen LogP contribution in [0, 0.1) is 17.8 Å². The van der Waals surface area contributed by atoms with Crippen molar-refractivity contribution in [2.75, 3.05) is 5.73 Å². The molecule has 0 radical (unpaired) electrons. The van der Waals surface area contributed by atoms with Gasteiger partial charge in [0.1, 0.15) is 5.52 Å². The third kappa shape index (κ3) is 2.46. The van der Waals surface area contributed by atoms with Crippen molar-refractivity contribution in [3.8, 4) is 11.8 Å². The number of fused-ring (bicyclic) bond motifs is 1. The zero-order valence-electron chi connectivity index (χ0n) is 11.8. The molecular formula is C15H19N5. The molecular weight excluding hydrogens is 250 g/mol. The first-order valence-corrected chi connectivity index (χ1v) is 7.28. The minimum absolute atomic E-state index is 0.412. The number of aryl methyl sites for hydroxylation is 1. The van der Waals surface area contributed by atoms with E-state index in [9.17, 15) is 0 Å². The number of hydrogen-bond acceptors (Lipinski definition) is 4. The van der Waals surface area contributed by atoms with Crippen molar-refractivity contribution >= 4 is 17.0 Å². The zero-order chi connectivity index (χ0) is 13.9. The minimum atomic E-state index is 0.412. The first kappa shape index (κ1) is 12.9. The molecule has 0 aliphatic heterocycles. The summed E-state index contributed by atoms with van der Waals surface area (Å²) in [6.45, 7) is 2.86. The van der Waals surface area contributed by atoms with E-state index in [-0.39, 0.29) is 0 Å². The molecule has 104 valence electrons. The summed E-state index contributed by atoms with van der Waals surface area (Å²) in [6.07, 6.45) is 8.03. The summed E-state index contributed by atoms with van der Waals surface area (Å²) in [5, 5.41) is 0. The van der Waals surface area contributed by atoms with Gasteiger partial charge in [0.15, 0.2) is 11.5 Å². The minimum Gasteiger partial charge on any atom is -0.382 e. The molecule has 0 spiro atoms. The summed E-state index contributed by atoms with van der Waals surface area (Å²) < 4.78 is 1.96. The van der Waals surface area contributed by atoms with Gasteiger partial charge in [-0.25, -0.2) is 15.0 Å². The quantitative estimate of drug-likeness (QED) is 0.807. The highest BCUT2D eigenvalue weighted by molar-refractivity contribution is 5.81. The van der Waals surface area contributed by atoms with Gasteiger partial charge in [-0.3, -0.25) is 0 Å². The molecule has 1 fully saturated rings. The molecule has 5 nitrogen and oxygen atoms in total. The Hall–Kier alpha value is -2.09. The second-order valence-electron chi connectivity index (χ2n) is 5.24. The van der Waals surface area contributed by atoms with Gasteiger partial charge in [0, 0.05) is 12.5 Å². The number of hydrogen-bond donors (Lipinski definition) is 1. The molecule has 0 atom stereocenters. The lowest BCUT2D eigenvalue weighted by Crippen LogP contribution is -2.04. The van der Waals surface area contributed by atoms with Gasteiger partial charge in [-0.15, -0.1) is 0 Å². The Morgan fingerprint density at radius 3 is 2.85 bits per heavy atom. The molecule has 0 unspecified atom stereocenters. The normalized spacial score (nSPS) is 16.1. The summed E-state index contributed by atoms with van der Waals surface area (Å²) >= 11 is 0. The third-order valence-electron chi connectivity index (χ3n) is 3.82. The number of nitrogens with two attached hydrogens (primary N) is 1. The number of aromatic nitrogens is 4. The van der Waals surface area contributed by atoms with Crippen LogP contribution < -0.4 is 5.73 Å². The summed E-state index contributed by atoms with van der Waals surface area (Å²) in [6, 6.07) is 0. The van der Waals surface area contributed by atoms with E-state index in [0.717, 1.165) is 12.2 Å². The maximum Gasteiger partial charge on any atom is 0.208 e. The summed E-state index contributed by atoms with van der Waals surface area (Å²) in [5.41, 5.74) is 7.37. The Morgan fingerprint density at radius 2 is 2.10 bits per heavy atom. The van der Waals surface area contributed by atoms with Crippen LogP contribution in [-0.2, 0) is 6.54 Å². The number of anilines is 1. The van der Waals surface area contributed by atoms with Crippen molar-refractivity contribution in [1.82, 2.24) is 19.5 Å². The SMILES string of the molecule is CCn1cnc2c(N)nc(C#CC3CCCCC3)nc21. The maximum absolute atomic E-state index is 5.94. The van der Waals surface area contributed by atoms with Crippen LogP contribution in [0.4, 0.5) is 5.82 Å². The van der Waals surface area contributed by atoms with Gasteiger partial charge < -0.3 is 10.3 Å². The van der Waals surface area contributed by atoms with E-state index in [2.05, 4.69) is 26.8 Å². The van der Waals surface area contributed by atoms with Crippen molar-refractivity contribution in [3.05, 3.63) is 12.2 Å². The number of imidazole rings is 1. The first-order valence-electron chi connectivity index (χ1n) is 7.28. The van der Waals surface area contributed by atoms with E-state index >= 15 is 0 Å². The van der Waals surface area contributed by atoms with Crippen LogP contribution in [0.2, 0.25) is 0 Å². The first-order chi connectivity index (χ1) is 9.78. The van der Waals surface area contributed by atoms with Crippen molar-refractivity contribution in [2.45, 2.75) is 45.6 Å². The molecule has 3 rings (SSSR count). The lowest BCUT2D eigenvalue weighted by molar-refractivity contribution is 0.430. The third-order valence-corrected chi connectivity index (χ3v) is 3.82. The highest BCUT2D eigenvalue weighted by Gasteiger charge is 2.11. The molecule has 0 amide bonds. The molecule has 2 heterocycles. The Bertz CT molecular complexity index is 671. The molecule has 0 aromatic carbocycles. The lowest BCUT2D eigenvalue weighted by Gasteiger charge is -2.15. The van der Waals surface area contributed by atoms with Crippen LogP contribution >= 0.6 is 0 Å². The maximum atomic E-state index is 5.94. The summed E-state index contributed by atoms with van der Waals surface area (Å²) in [4.78, 5) is 13.0. The van der Waals surface area contributed by atoms with E-state index in [1.807, 2.05) is 11.5 Å². The van der Waals surface area contributed by atoms with E-state index in [0.29, 0.717) is 23.1 Å². The second-order valence-corrected chi connectivity index (χ2v) is 5.24. The summed E-state index contributed by atoms with van der Waals surface area (Å²) in [5.74, 6) is 7.80. The number of nitrogens with zero attached hydrogens (tertiary/aromatic N) is 4. The number of rotatable bonds is 1. The standard InChI is InChI=1S/C15H19N5/c1-2-20-10-17-13-14(16)18-12(19-15(13)20)9-8-11-6-4-3-5-7-11/h10-11H,2-7H2,1H3,(H2,16,18,19). The fraction of sp³-hybridized carbons (Fsp3) is 0.533. The molecule has 20 heavy (non-hydrogen) atoms. The van der Waals surface area contributed by atoms with E-state index in [1.165, 1.54) is 32.1 Å². The Morgan fingerprint density at radius 1 is 1.30 bits per heavy atom. The summed E-state index contributed by atoms with van der Waals surface area (Å²) in [7, 11) is 0. The Kier molecular flexibility index (Phi) is 3.55. The van der Waals surface area contributed by atoms with Crippen LogP contribution in [0.25, 0.3) is 11.2 Å². The average Bonchev–Trinajstić information content (AvgIpc) is 2.90. The van der Waals surface area contributed by atoms with Crippen LogP contribution in [0.1, 0.15) is 44.9 Å². The molecule has 1 aliphatic rings. The van der Waals surface area contributed by atoms with Crippen molar-refractivity contribution in [1.29, 1.82) is 0 Å². The molecule has 1 aliphatic carbocycles. The molecule has 0 bridgehead atoms. The molecule has 0 saturated heterocycles. The van der Waals surface area contributed by atoms with Crippen molar-refractivity contribution in [3.63, 3.8) is 0 Å². The van der Waals surface area contributed by atoms with Crippen LogP contribution in [-0.4, -0.2) is 19.5 Å². The highest BCUT2D eigenvalue weighted by atomic mass is 15.1. The van der Waals surface area contributed by atoms with Gasteiger partial charge in [0.25, 0.3) is 0 Å². The monoisotopic (exact) mass is 269 g/mol. The molecule has 2 aromatic heterocycles. The van der Waals surface area contributed by atoms with E-state index in [4.69, 9.17) is 5.73 Å². The topological polar surface area (TPSA) is 69.6 Å². The van der Waals surface area contributed by atoms with Gasteiger partial charge in [0.2, 0.25) is 5.82 Å². The van der Waals surface area contributed by atoms with Crippen molar-refractivity contribution < 1.29 is 0 Å². The Labute approximate surface area is 118 Å². The van der Waals surface area contributed by atoms with Gasteiger partial charge >= 0.3 is 0 Å². The predicted octanol–water partition coefficient (Wildman–Crippen LogP) is 2.36. The lowest BCUT2D eigenvalue weighted by atomic mass is 9.90. The van der Waals surface area contributed by atoms with E-state index in [1.54, 1.807) is 6.33 Å². The Balaban J connectivity index is 1.93. The van der Waals surface area contributed by atoms with Gasteiger partial charge in [-0.2, -0.15) is 0 Å². The molecule has 5 heteroatoms. The predicted molar refractivity (Wildman–Crippen MR) is 78.9 cm³/mol. The van der Waals surface area contributed by atoms with Crippen LogP contribution in [0.15, 0.2) is 6.33 Å². The van der Waals surface area contributed by atoms with Gasteiger partial charge in [0.05, 0.1) is 6.33 Å². The number of nitrogen functional groups attached to an aromatic ring is 1. The molecule has 1 saturated carbocycles. The average molecular weight is 269 g/mol. The molecule has 2 N–H and O–H groups in total. The fourth-order valence-electron chi connectivity index (χ4n) is 2.67. The van der Waals surface area contributed by atoms with Crippen LogP contribution in [0.3, 0.4) is 0 Å².